The van der Waals surface area contributed by atoms with Crippen LogP contribution in [0.3, 0.4) is 0 Å². The quantitative estimate of drug-likeness (QED) is 0.793. The van der Waals surface area contributed by atoms with Gasteiger partial charge in [0.1, 0.15) is 6.61 Å². The summed E-state index contributed by atoms with van der Waals surface area (Å²) in [5.41, 5.74) is 1.91. The summed E-state index contributed by atoms with van der Waals surface area (Å²) in [7, 11) is 1.63. The molecular weight excluding hydrogens is 321 g/mol. The highest BCUT2D eigenvalue weighted by atomic mass is 35.5. The van der Waals surface area contributed by atoms with Gasteiger partial charge in [0.15, 0.2) is 11.5 Å². The largest absolute Gasteiger partial charge is 0.493 e. The second-order valence-electron chi connectivity index (χ2n) is 4.75. The van der Waals surface area contributed by atoms with E-state index in [0.717, 1.165) is 24.2 Å². The molecule has 0 aliphatic rings. The number of halogens is 2. The highest BCUT2D eigenvalue weighted by Crippen LogP contribution is 2.31. The summed E-state index contributed by atoms with van der Waals surface area (Å²) in [5.74, 6) is 1.36. The molecule has 0 heterocycles. The van der Waals surface area contributed by atoms with Crippen molar-refractivity contribution in [2.45, 2.75) is 20.1 Å². The highest BCUT2D eigenvalue weighted by Gasteiger charge is 2.10. The van der Waals surface area contributed by atoms with Crippen molar-refractivity contribution in [2.24, 2.45) is 0 Å². The molecule has 0 spiro atoms. The average Bonchev–Trinajstić information content (AvgIpc) is 2.53. The lowest BCUT2D eigenvalue weighted by molar-refractivity contribution is 0.284. The Morgan fingerprint density at radius 3 is 2.41 bits per heavy atom. The van der Waals surface area contributed by atoms with Gasteiger partial charge < -0.3 is 14.8 Å². The minimum atomic E-state index is 0.293. The summed E-state index contributed by atoms with van der Waals surface area (Å²) in [6.45, 7) is 4.08. The predicted octanol–water partition coefficient (Wildman–Crippen LogP) is 4.69. The molecule has 0 unspecified atom stereocenters. The van der Waals surface area contributed by atoms with E-state index in [2.05, 4.69) is 12.2 Å². The van der Waals surface area contributed by atoms with E-state index in [1.165, 1.54) is 0 Å². The molecule has 0 aliphatic heterocycles. The third-order valence-electron chi connectivity index (χ3n) is 3.24. The lowest BCUT2D eigenvalue weighted by atomic mass is 10.2. The Balaban J connectivity index is 2.12. The fraction of sp³-hybridized carbons (Fsp3) is 0.294. The first-order valence-corrected chi connectivity index (χ1v) is 7.84. The van der Waals surface area contributed by atoms with Crippen LogP contribution in [-0.2, 0) is 13.2 Å². The smallest absolute Gasteiger partial charge is 0.161 e. The number of methoxy groups -OCH3 is 1. The van der Waals surface area contributed by atoms with Crippen molar-refractivity contribution >= 4 is 23.2 Å². The molecule has 0 fully saturated rings. The fourth-order valence-electron chi connectivity index (χ4n) is 2.03. The third-order valence-corrected chi connectivity index (χ3v) is 3.95. The Bertz CT molecular complexity index is 612. The molecule has 5 heteroatoms. The molecule has 0 saturated carbocycles. The minimum Gasteiger partial charge on any atom is -0.493 e. The van der Waals surface area contributed by atoms with Gasteiger partial charge in [-0.05, 0) is 36.4 Å². The second kappa shape index (κ2) is 8.28. The first-order chi connectivity index (χ1) is 10.7. The lowest BCUT2D eigenvalue weighted by Gasteiger charge is -2.14. The molecule has 0 aromatic heterocycles. The maximum Gasteiger partial charge on any atom is 0.161 e. The topological polar surface area (TPSA) is 30.5 Å². The van der Waals surface area contributed by atoms with Crippen molar-refractivity contribution in [1.29, 1.82) is 0 Å². The molecule has 118 valence electrons. The Hall–Kier alpha value is -1.42. The molecule has 2 aromatic rings. The van der Waals surface area contributed by atoms with Crippen LogP contribution in [0.1, 0.15) is 18.1 Å². The predicted molar refractivity (Wildman–Crippen MR) is 91.2 cm³/mol. The Labute approximate surface area is 141 Å². The molecule has 0 amide bonds. The molecule has 2 rings (SSSR count). The normalized spacial score (nSPS) is 10.5. The molecule has 0 aliphatic carbocycles. The van der Waals surface area contributed by atoms with Gasteiger partial charge in [0.05, 0.1) is 7.11 Å². The zero-order chi connectivity index (χ0) is 15.9. The van der Waals surface area contributed by atoms with Crippen LogP contribution in [0.15, 0.2) is 36.4 Å². The van der Waals surface area contributed by atoms with Gasteiger partial charge in [0.2, 0.25) is 0 Å². The monoisotopic (exact) mass is 339 g/mol. The lowest BCUT2D eigenvalue weighted by Crippen LogP contribution is -2.11. The maximum absolute atomic E-state index is 6.15. The summed E-state index contributed by atoms with van der Waals surface area (Å²) >= 11 is 12.3. The number of hydrogen-bond donors (Lipinski definition) is 1. The van der Waals surface area contributed by atoms with Crippen LogP contribution in [0.25, 0.3) is 0 Å². The van der Waals surface area contributed by atoms with Gasteiger partial charge in [0.25, 0.3) is 0 Å². The van der Waals surface area contributed by atoms with Gasteiger partial charge >= 0.3 is 0 Å². The molecule has 0 bridgehead atoms. The van der Waals surface area contributed by atoms with Crippen LogP contribution in [0.2, 0.25) is 10.0 Å². The Morgan fingerprint density at radius 2 is 1.77 bits per heavy atom. The molecule has 3 nitrogen and oxygen atoms in total. The van der Waals surface area contributed by atoms with E-state index in [-0.39, 0.29) is 0 Å². The van der Waals surface area contributed by atoms with Crippen LogP contribution in [-0.4, -0.2) is 13.7 Å². The average molecular weight is 340 g/mol. The van der Waals surface area contributed by atoms with Crippen molar-refractivity contribution in [1.82, 2.24) is 5.32 Å². The molecule has 0 radical (unpaired) electrons. The summed E-state index contributed by atoms with van der Waals surface area (Å²) in [6.07, 6.45) is 0. The standard InChI is InChI=1S/C17H19Cl2NO2/c1-3-20-10-12-7-8-16(17(9-12)21-2)22-11-13-14(18)5-4-6-15(13)19/h4-9,20H,3,10-11H2,1-2H3. The van der Waals surface area contributed by atoms with Gasteiger partial charge in [-0.15, -0.1) is 0 Å². The van der Waals surface area contributed by atoms with E-state index in [1.54, 1.807) is 19.2 Å². The molecular formula is C17H19Cl2NO2. The summed E-state index contributed by atoms with van der Waals surface area (Å²) in [5, 5.41) is 4.46. The van der Waals surface area contributed by atoms with E-state index >= 15 is 0 Å². The fourth-order valence-corrected chi connectivity index (χ4v) is 2.54. The number of nitrogens with one attached hydrogen (secondary N) is 1. The van der Waals surface area contributed by atoms with Crippen LogP contribution in [0.5, 0.6) is 11.5 Å². The first kappa shape index (κ1) is 16.9. The van der Waals surface area contributed by atoms with E-state index in [4.69, 9.17) is 32.7 Å². The Kier molecular flexibility index (Phi) is 6.37. The van der Waals surface area contributed by atoms with Gasteiger partial charge in [-0.1, -0.05) is 42.3 Å². The van der Waals surface area contributed by atoms with Crippen molar-refractivity contribution < 1.29 is 9.47 Å². The number of benzene rings is 2. The zero-order valence-corrected chi connectivity index (χ0v) is 14.2. The number of hydrogen-bond acceptors (Lipinski definition) is 3. The van der Waals surface area contributed by atoms with Crippen LogP contribution in [0, 0.1) is 0 Å². The highest BCUT2D eigenvalue weighted by molar-refractivity contribution is 6.35. The molecule has 0 saturated heterocycles. The van der Waals surface area contributed by atoms with E-state index < -0.39 is 0 Å². The Morgan fingerprint density at radius 1 is 1.05 bits per heavy atom. The third kappa shape index (κ3) is 4.29. The van der Waals surface area contributed by atoms with Crippen molar-refractivity contribution in [3.63, 3.8) is 0 Å². The number of rotatable bonds is 7. The van der Waals surface area contributed by atoms with Crippen LogP contribution < -0.4 is 14.8 Å². The van der Waals surface area contributed by atoms with E-state index in [9.17, 15) is 0 Å². The number of ether oxygens (including phenoxy) is 2. The van der Waals surface area contributed by atoms with Gasteiger partial charge in [-0.25, -0.2) is 0 Å². The maximum atomic E-state index is 6.15. The molecule has 1 N–H and O–H groups in total. The van der Waals surface area contributed by atoms with Crippen molar-refractivity contribution in [3.05, 3.63) is 57.6 Å². The van der Waals surface area contributed by atoms with Crippen LogP contribution >= 0.6 is 23.2 Å². The van der Waals surface area contributed by atoms with Gasteiger partial charge in [0, 0.05) is 22.2 Å². The van der Waals surface area contributed by atoms with Crippen molar-refractivity contribution in [2.75, 3.05) is 13.7 Å². The minimum absolute atomic E-state index is 0.293. The van der Waals surface area contributed by atoms with Gasteiger partial charge in [-0.2, -0.15) is 0 Å². The molecule has 22 heavy (non-hydrogen) atoms. The van der Waals surface area contributed by atoms with E-state index in [0.29, 0.717) is 28.2 Å². The molecule has 0 atom stereocenters. The van der Waals surface area contributed by atoms with E-state index in [1.807, 2.05) is 24.3 Å². The van der Waals surface area contributed by atoms with Crippen LogP contribution in [0.4, 0.5) is 0 Å². The summed E-state index contributed by atoms with van der Waals surface area (Å²) in [4.78, 5) is 0. The SMILES string of the molecule is CCNCc1ccc(OCc2c(Cl)cccc2Cl)c(OC)c1. The second-order valence-corrected chi connectivity index (χ2v) is 5.57. The zero-order valence-electron chi connectivity index (χ0n) is 12.7. The molecule has 2 aromatic carbocycles. The first-order valence-electron chi connectivity index (χ1n) is 7.09. The van der Waals surface area contributed by atoms with Crippen molar-refractivity contribution in [3.8, 4) is 11.5 Å². The van der Waals surface area contributed by atoms with Gasteiger partial charge in [-0.3, -0.25) is 0 Å². The summed E-state index contributed by atoms with van der Waals surface area (Å²) < 4.78 is 11.2. The summed E-state index contributed by atoms with van der Waals surface area (Å²) in [6, 6.07) is 11.3.